The van der Waals surface area contributed by atoms with E-state index >= 15 is 0 Å². The Morgan fingerprint density at radius 2 is 2.00 bits per heavy atom. The Morgan fingerprint density at radius 3 is 2.59 bits per heavy atom. The van der Waals surface area contributed by atoms with Crippen molar-refractivity contribution in [1.82, 2.24) is 14.5 Å². The smallest absolute Gasteiger partial charge is 0.222 e. The molecule has 1 aromatic heterocycles. The molecule has 0 aliphatic carbocycles. The van der Waals surface area contributed by atoms with Crippen molar-refractivity contribution in [2.75, 3.05) is 0 Å². The molecule has 2 rings (SSSR count). The lowest BCUT2D eigenvalue weighted by atomic mass is 10.2. The molecule has 0 unspecified atom stereocenters. The van der Waals surface area contributed by atoms with Gasteiger partial charge >= 0.3 is 0 Å². The second-order valence-electron chi connectivity index (χ2n) is 5.57. The lowest BCUT2D eigenvalue weighted by Gasteiger charge is -2.26. The van der Waals surface area contributed by atoms with Crippen LogP contribution in [0.15, 0.2) is 36.7 Å². The molecule has 0 saturated heterocycles. The van der Waals surface area contributed by atoms with E-state index in [4.69, 9.17) is 0 Å². The second-order valence-corrected chi connectivity index (χ2v) is 5.57. The number of imidazole rings is 1. The molecule has 0 fully saturated rings. The minimum absolute atomic E-state index is 0.117. The Morgan fingerprint density at radius 1 is 1.32 bits per heavy atom. The van der Waals surface area contributed by atoms with Gasteiger partial charge in [-0.2, -0.15) is 0 Å². The van der Waals surface area contributed by atoms with Gasteiger partial charge in [0.1, 0.15) is 11.6 Å². The van der Waals surface area contributed by atoms with Gasteiger partial charge in [-0.25, -0.2) is 9.37 Å². The van der Waals surface area contributed by atoms with Crippen LogP contribution < -0.4 is 0 Å². The predicted octanol–water partition coefficient (Wildman–Crippen LogP) is 3.22. The molecule has 0 aliphatic heterocycles. The highest BCUT2D eigenvalue weighted by atomic mass is 19.1. The molecule has 1 aromatic carbocycles. The van der Waals surface area contributed by atoms with Gasteiger partial charge in [-0.15, -0.1) is 0 Å². The van der Waals surface area contributed by atoms with Crippen LogP contribution in [0.3, 0.4) is 0 Å². The van der Waals surface area contributed by atoms with E-state index in [2.05, 4.69) is 4.98 Å². The van der Waals surface area contributed by atoms with Crippen molar-refractivity contribution in [1.29, 1.82) is 0 Å². The van der Waals surface area contributed by atoms with E-state index < -0.39 is 0 Å². The molecule has 2 aromatic rings. The lowest BCUT2D eigenvalue weighted by molar-refractivity contribution is -0.133. The fourth-order valence-electron chi connectivity index (χ4n) is 2.34. The first kappa shape index (κ1) is 16.2. The first-order valence-corrected chi connectivity index (χ1v) is 7.55. The maximum absolute atomic E-state index is 13.0. The third kappa shape index (κ3) is 3.93. The largest absolute Gasteiger partial charge is 0.333 e. The molecule has 0 radical (unpaired) electrons. The van der Waals surface area contributed by atoms with Crippen LogP contribution >= 0.6 is 0 Å². The van der Waals surface area contributed by atoms with Gasteiger partial charge in [-0.1, -0.05) is 19.1 Å². The Balaban J connectivity index is 2.14. The summed E-state index contributed by atoms with van der Waals surface area (Å²) in [6, 6.07) is 6.55. The topological polar surface area (TPSA) is 38.1 Å². The van der Waals surface area contributed by atoms with Gasteiger partial charge in [0.25, 0.3) is 0 Å². The molecule has 22 heavy (non-hydrogen) atoms. The average molecular weight is 303 g/mol. The molecule has 5 heteroatoms. The quantitative estimate of drug-likeness (QED) is 0.822. The van der Waals surface area contributed by atoms with Crippen LogP contribution in [0.5, 0.6) is 0 Å². The maximum atomic E-state index is 13.0. The van der Waals surface area contributed by atoms with Crippen LogP contribution in [0.25, 0.3) is 0 Å². The van der Waals surface area contributed by atoms with E-state index in [0.29, 0.717) is 19.5 Å². The molecular formula is C17H22FN3O. The first-order valence-electron chi connectivity index (χ1n) is 7.55. The summed E-state index contributed by atoms with van der Waals surface area (Å²) in [6.45, 7) is 6.96. The van der Waals surface area contributed by atoms with Gasteiger partial charge in [0.15, 0.2) is 0 Å². The normalized spacial score (nSPS) is 11.0. The summed E-state index contributed by atoms with van der Waals surface area (Å²) < 4.78 is 15.0. The van der Waals surface area contributed by atoms with Crippen molar-refractivity contribution in [2.45, 2.75) is 46.3 Å². The van der Waals surface area contributed by atoms with E-state index in [1.807, 2.05) is 36.4 Å². The molecule has 0 saturated carbocycles. The standard InChI is InChI=1S/C17H22FN3O/c1-4-17(22)21(13(2)3)12-16-19-9-10-20(16)11-14-5-7-15(18)8-6-14/h5-10,13H,4,11-12H2,1-3H3. The van der Waals surface area contributed by atoms with Crippen molar-refractivity contribution in [3.05, 3.63) is 53.9 Å². The SMILES string of the molecule is CCC(=O)N(Cc1nccn1Cc1ccc(F)cc1)C(C)C. The van der Waals surface area contributed by atoms with Gasteiger partial charge in [0.2, 0.25) is 5.91 Å². The molecule has 0 spiro atoms. The number of hydrogen-bond donors (Lipinski definition) is 0. The Labute approximate surface area is 130 Å². The average Bonchev–Trinajstić information content (AvgIpc) is 2.93. The van der Waals surface area contributed by atoms with Crippen molar-refractivity contribution in [3.8, 4) is 0 Å². The number of halogens is 1. The summed E-state index contributed by atoms with van der Waals surface area (Å²) in [5, 5.41) is 0. The van der Waals surface area contributed by atoms with Crippen LogP contribution in [0, 0.1) is 5.82 Å². The molecular weight excluding hydrogens is 281 g/mol. The van der Waals surface area contributed by atoms with Gasteiger partial charge < -0.3 is 9.47 Å². The summed E-state index contributed by atoms with van der Waals surface area (Å²) >= 11 is 0. The summed E-state index contributed by atoms with van der Waals surface area (Å²) in [5.41, 5.74) is 0.999. The van der Waals surface area contributed by atoms with E-state index in [1.54, 1.807) is 18.3 Å². The third-order valence-corrected chi connectivity index (χ3v) is 3.63. The minimum Gasteiger partial charge on any atom is -0.333 e. The highest BCUT2D eigenvalue weighted by Gasteiger charge is 2.18. The van der Waals surface area contributed by atoms with Crippen molar-refractivity contribution in [3.63, 3.8) is 0 Å². The molecule has 0 bridgehead atoms. The molecule has 0 N–H and O–H groups in total. The zero-order valence-corrected chi connectivity index (χ0v) is 13.3. The van der Waals surface area contributed by atoms with Gasteiger partial charge in [-0.05, 0) is 31.5 Å². The number of benzene rings is 1. The lowest BCUT2D eigenvalue weighted by Crippen LogP contribution is -2.36. The Kier molecular flexibility index (Phi) is 5.31. The first-order chi connectivity index (χ1) is 10.5. The van der Waals surface area contributed by atoms with Gasteiger partial charge in [0, 0.05) is 31.4 Å². The Hall–Kier alpha value is -2.17. The number of aromatic nitrogens is 2. The predicted molar refractivity (Wildman–Crippen MR) is 83.7 cm³/mol. The number of hydrogen-bond acceptors (Lipinski definition) is 2. The number of amides is 1. The van der Waals surface area contributed by atoms with Gasteiger partial charge in [-0.3, -0.25) is 4.79 Å². The van der Waals surface area contributed by atoms with Crippen LogP contribution in [-0.2, 0) is 17.9 Å². The zero-order chi connectivity index (χ0) is 16.1. The van der Waals surface area contributed by atoms with Crippen molar-refractivity contribution in [2.24, 2.45) is 0 Å². The Bertz CT molecular complexity index is 619. The number of carbonyl (C=O) groups is 1. The van der Waals surface area contributed by atoms with Crippen LogP contribution in [0.1, 0.15) is 38.6 Å². The third-order valence-electron chi connectivity index (χ3n) is 3.63. The molecule has 1 heterocycles. The summed E-state index contributed by atoms with van der Waals surface area (Å²) in [4.78, 5) is 18.2. The number of nitrogens with zero attached hydrogens (tertiary/aromatic N) is 3. The van der Waals surface area contributed by atoms with Crippen molar-refractivity contribution < 1.29 is 9.18 Å². The highest BCUT2D eigenvalue weighted by Crippen LogP contribution is 2.12. The maximum Gasteiger partial charge on any atom is 0.222 e. The summed E-state index contributed by atoms with van der Waals surface area (Å²) in [7, 11) is 0. The summed E-state index contributed by atoms with van der Waals surface area (Å²) in [5.74, 6) is 0.709. The fraction of sp³-hybridized carbons (Fsp3) is 0.412. The van der Waals surface area contributed by atoms with E-state index in [-0.39, 0.29) is 17.8 Å². The molecule has 0 atom stereocenters. The monoisotopic (exact) mass is 303 g/mol. The highest BCUT2D eigenvalue weighted by molar-refractivity contribution is 5.76. The van der Waals surface area contributed by atoms with E-state index in [1.165, 1.54) is 12.1 Å². The second kappa shape index (κ2) is 7.20. The molecule has 4 nitrogen and oxygen atoms in total. The number of rotatable bonds is 6. The van der Waals surface area contributed by atoms with Crippen LogP contribution in [-0.4, -0.2) is 26.4 Å². The van der Waals surface area contributed by atoms with Crippen LogP contribution in [0.4, 0.5) is 4.39 Å². The van der Waals surface area contributed by atoms with E-state index in [9.17, 15) is 9.18 Å². The van der Waals surface area contributed by atoms with Gasteiger partial charge in [0.05, 0.1) is 6.54 Å². The zero-order valence-electron chi connectivity index (χ0n) is 13.3. The van der Waals surface area contributed by atoms with Crippen molar-refractivity contribution >= 4 is 5.91 Å². The molecule has 118 valence electrons. The number of carbonyl (C=O) groups excluding carboxylic acids is 1. The minimum atomic E-state index is -0.242. The molecule has 1 amide bonds. The van der Waals surface area contributed by atoms with Crippen LogP contribution in [0.2, 0.25) is 0 Å². The fourth-order valence-corrected chi connectivity index (χ4v) is 2.34. The summed E-state index contributed by atoms with van der Waals surface area (Å²) in [6.07, 6.45) is 4.10. The van der Waals surface area contributed by atoms with E-state index in [0.717, 1.165) is 11.4 Å². The molecule has 0 aliphatic rings.